The van der Waals surface area contributed by atoms with Crippen LogP contribution in [-0.4, -0.2) is 9.97 Å². The van der Waals surface area contributed by atoms with Gasteiger partial charge in [0, 0.05) is 18.5 Å². The highest BCUT2D eigenvalue weighted by Crippen LogP contribution is 2.15. The summed E-state index contributed by atoms with van der Waals surface area (Å²) in [5.41, 5.74) is -0.491. The second kappa shape index (κ2) is 3.81. The second-order valence-corrected chi connectivity index (χ2v) is 2.57. The minimum Gasteiger partial charge on any atom is -0.244 e. The summed E-state index contributed by atoms with van der Waals surface area (Å²) in [5.74, 6) is -3.37. The van der Waals surface area contributed by atoms with Gasteiger partial charge in [0.15, 0.2) is 0 Å². The minimum absolute atomic E-state index is 0.00451. The van der Waals surface area contributed by atoms with E-state index in [4.69, 9.17) is 12.3 Å². The van der Waals surface area contributed by atoms with E-state index >= 15 is 0 Å². The van der Waals surface area contributed by atoms with E-state index in [9.17, 15) is 0 Å². The van der Waals surface area contributed by atoms with Gasteiger partial charge in [-0.2, -0.15) is 0 Å². The molecule has 0 bridgehead atoms. The molecule has 0 radical (unpaired) electrons. The van der Waals surface area contributed by atoms with E-state index < -0.39 is 31.7 Å². The predicted molar refractivity (Wildman–Crippen MR) is 48.3 cm³/mol. The van der Waals surface area contributed by atoms with Crippen molar-refractivity contribution in [3.8, 4) is 0 Å². The quantitative estimate of drug-likeness (QED) is 0.771. The Labute approximate surface area is 87.8 Å². The average molecular weight is 224 g/mol. The predicted octanol–water partition coefficient (Wildman–Crippen LogP) is 2.44. The van der Waals surface area contributed by atoms with Gasteiger partial charge in [0.05, 0.1) is 10.2 Å². The summed E-state index contributed by atoms with van der Waals surface area (Å²) < 4.78 is 67.5. The van der Waals surface area contributed by atoms with E-state index in [0.717, 1.165) is 12.5 Å². The Morgan fingerprint density at radius 3 is 3.36 bits per heavy atom. The van der Waals surface area contributed by atoms with E-state index in [1.807, 2.05) is 0 Å². The summed E-state index contributed by atoms with van der Waals surface area (Å²) in [7, 11) is 0. The number of nitrogens with zero attached hydrogens (tertiary/aromatic N) is 2. The van der Waals surface area contributed by atoms with Crippen LogP contribution in [-0.2, 0) is 6.37 Å². The number of halogens is 1. The van der Waals surface area contributed by atoms with Crippen LogP contribution in [0.3, 0.4) is 0 Å². The van der Waals surface area contributed by atoms with E-state index in [-0.39, 0.29) is 4.47 Å². The number of aromatic nitrogens is 2. The molecule has 1 aromatic heterocycles. The van der Waals surface area contributed by atoms with Gasteiger partial charge in [-0.05, 0) is 28.2 Å². The van der Waals surface area contributed by atoms with Crippen molar-refractivity contribution >= 4 is 15.9 Å². The molecule has 0 fully saturated rings. The lowest BCUT2D eigenvalue weighted by Gasteiger charge is -2.04. The van der Waals surface area contributed by atoms with Gasteiger partial charge in [-0.25, -0.2) is 9.97 Å². The fourth-order valence-corrected chi connectivity index (χ4v) is 0.843. The van der Waals surface area contributed by atoms with E-state index in [1.54, 1.807) is 0 Å². The Morgan fingerprint density at radius 1 is 1.91 bits per heavy atom. The van der Waals surface area contributed by atoms with Crippen molar-refractivity contribution in [3.63, 3.8) is 0 Å². The zero-order valence-corrected chi connectivity index (χ0v) is 7.01. The van der Waals surface area contributed by atoms with Crippen LogP contribution < -0.4 is 0 Å². The van der Waals surface area contributed by atoms with Crippen molar-refractivity contribution in [2.45, 2.75) is 20.1 Å². The maximum atomic E-state index is 7.91. The van der Waals surface area contributed by atoms with Crippen molar-refractivity contribution in [2.75, 3.05) is 0 Å². The number of hydrogen-bond acceptors (Lipinski definition) is 2. The van der Waals surface area contributed by atoms with Crippen LogP contribution in [0.2, 0.25) is 0 Å². The summed E-state index contributed by atoms with van der Waals surface area (Å²) in [6, 6.07) is 0. The summed E-state index contributed by atoms with van der Waals surface area (Å²) in [5, 5.41) is 0. The summed E-state index contributed by atoms with van der Waals surface area (Å²) in [4.78, 5) is 7.19. The minimum atomic E-state index is -3.38. The first-order valence-corrected chi connectivity index (χ1v) is 3.52. The first kappa shape index (κ1) is 2.52. The molecule has 1 heterocycles. The molecule has 1 aromatic rings. The Bertz CT molecular complexity index is 481. The zero-order valence-electron chi connectivity index (χ0n) is 14.4. The van der Waals surface area contributed by atoms with Crippen LogP contribution in [0.25, 0.3) is 0 Å². The van der Waals surface area contributed by atoms with Crippen LogP contribution in [0.5, 0.6) is 0 Å². The summed E-state index contributed by atoms with van der Waals surface area (Å²) in [6.07, 6.45) is -0.942. The van der Waals surface area contributed by atoms with Crippen LogP contribution in [0.4, 0.5) is 0 Å². The molecule has 0 spiro atoms. The molecule has 2 nitrogen and oxygen atoms in total. The van der Waals surface area contributed by atoms with Crippen molar-refractivity contribution < 1.29 is 12.3 Å². The maximum absolute atomic E-state index is 7.91. The van der Waals surface area contributed by atoms with Gasteiger partial charge in [0.25, 0.3) is 0 Å². The van der Waals surface area contributed by atoms with Crippen LogP contribution >= 0.6 is 15.9 Å². The molecule has 0 N–H and O–H groups in total. The number of rotatable bonds is 2. The third-order valence-corrected chi connectivity index (χ3v) is 1.49. The van der Waals surface area contributed by atoms with Gasteiger partial charge < -0.3 is 0 Å². The van der Waals surface area contributed by atoms with Gasteiger partial charge in [-0.3, -0.25) is 0 Å². The Morgan fingerprint density at radius 2 is 2.73 bits per heavy atom. The fourth-order valence-electron chi connectivity index (χ4n) is 0.523. The molecule has 0 unspecified atom stereocenters. The van der Waals surface area contributed by atoms with Crippen molar-refractivity contribution in [1.82, 2.24) is 9.97 Å². The van der Waals surface area contributed by atoms with Gasteiger partial charge in [-0.1, -0.05) is 13.7 Å². The van der Waals surface area contributed by atoms with Crippen LogP contribution in [0.1, 0.15) is 31.7 Å². The van der Waals surface area contributed by atoms with Gasteiger partial charge in [0.2, 0.25) is 0 Å². The standard InChI is InChI=1S/C8H11BrN2/c1-6(2)3-8-7(9)4-10-5-11-8/h4-6H,3H2,1-2H3/i1D3,2D3,3D2,6D. The third-order valence-electron chi connectivity index (χ3n) is 0.911. The van der Waals surface area contributed by atoms with Crippen molar-refractivity contribution in [2.24, 2.45) is 5.89 Å². The molecular weight excluding hydrogens is 204 g/mol. The van der Waals surface area contributed by atoms with Crippen LogP contribution in [0.15, 0.2) is 17.0 Å². The smallest absolute Gasteiger partial charge is 0.115 e. The van der Waals surface area contributed by atoms with Crippen molar-refractivity contribution in [1.29, 1.82) is 0 Å². The molecule has 0 amide bonds. The Hall–Kier alpha value is -0.440. The normalized spacial score (nSPS) is 27.2. The lowest BCUT2D eigenvalue weighted by molar-refractivity contribution is 0.631. The summed E-state index contributed by atoms with van der Waals surface area (Å²) >= 11 is 2.94. The highest BCUT2D eigenvalue weighted by molar-refractivity contribution is 9.10. The fraction of sp³-hybridized carbons (Fsp3) is 0.500. The van der Waals surface area contributed by atoms with Gasteiger partial charge in [-0.15, -0.1) is 0 Å². The topological polar surface area (TPSA) is 25.8 Å². The Balaban J connectivity index is 3.61. The second-order valence-electron chi connectivity index (χ2n) is 1.72. The monoisotopic (exact) mass is 223 g/mol. The van der Waals surface area contributed by atoms with Gasteiger partial charge >= 0.3 is 0 Å². The Kier molecular flexibility index (Phi) is 0.874. The highest BCUT2D eigenvalue weighted by Gasteiger charge is 2.02. The summed E-state index contributed by atoms with van der Waals surface area (Å²) in [6.45, 7) is -6.77. The van der Waals surface area contributed by atoms with E-state index in [1.165, 1.54) is 0 Å². The van der Waals surface area contributed by atoms with E-state index in [0.29, 0.717) is 0 Å². The molecule has 3 heteroatoms. The molecule has 0 atom stereocenters. The first-order valence-electron chi connectivity index (χ1n) is 7.23. The molecular formula is C8H11BrN2. The molecule has 0 aromatic carbocycles. The maximum Gasteiger partial charge on any atom is 0.115 e. The highest BCUT2D eigenvalue weighted by atomic mass is 79.9. The molecule has 0 saturated heterocycles. The molecule has 1 rings (SSSR count). The number of hydrogen-bond donors (Lipinski definition) is 0. The lowest BCUT2D eigenvalue weighted by atomic mass is 10.1. The molecule has 60 valence electrons. The average Bonchev–Trinajstić information content (AvgIpc) is 2.24. The first-order chi connectivity index (χ1) is 8.77. The molecule has 0 aliphatic carbocycles. The van der Waals surface area contributed by atoms with E-state index in [2.05, 4.69) is 25.9 Å². The molecule has 11 heavy (non-hydrogen) atoms. The molecule has 0 saturated carbocycles. The van der Waals surface area contributed by atoms with Crippen LogP contribution in [0, 0.1) is 5.89 Å². The third kappa shape index (κ3) is 2.58. The molecule has 0 aliphatic heterocycles. The zero-order chi connectivity index (χ0) is 16.0. The lowest BCUT2D eigenvalue weighted by Crippen LogP contribution is -1.98. The SMILES string of the molecule is [2H]C([2H])([2H])C([2H])(C([2H])([2H])[2H])C([2H])([2H])c1ncncc1Br. The molecule has 0 aliphatic rings. The van der Waals surface area contributed by atoms with Crippen molar-refractivity contribution in [3.05, 3.63) is 22.7 Å². The van der Waals surface area contributed by atoms with Gasteiger partial charge in [0.1, 0.15) is 6.33 Å². The largest absolute Gasteiger partial charge is 0.244 e.